The lowest BCUT2D eigenvalue weighted by molar-refractivity contribution is -0.131. The fourth-order valence-electron chi connectivity index (χ4n) is 3.24. The van der Waals surface area contributed by atoms with Crippen molar-refractivity contribution in [3.63, 3.8) is 0 Å². The molecular weight excluding hydrogens is 544 g/mol. The topological polar surface area (TPSA) is 187 Å². The van der Waals surface area contributed by atoms with Crippen molar-refractivity contribution in [1.82, 2.24) is 15.5 Å². The Morgan fingerprint density at radius 3 is 2.40 bits per heavy atom. The maximum absolute atomic E-state index is 12.5. The SMILES string of the molecule is C=CS/C(=C/C(CCNCC(=O)N(CCC)[C@@H](C)C#N)C(=N)N)CCc1ccc(C(=O)NC)s1.CC.CC.NN. The first kappa shape index (κ1) is 41.8. The summed E-state index contributed by atoms with van der Waals surface area (Å²) >= 11 is 2.98. The van der Waals surface area contributed by atoms with Crippen LogP contribution in [0.2, 0.25) is 0 Å². The highest BCUT2D eigenvalue weighted by atomic mass is 32.2. The van der Waals surface area contributed by atoms with Gasteiger partial charge in [0.15, 0.2) is 0 Å². The van der Waals surface area contributed by atoms with Crippen LogP contribution in [0.5, 0.6) is 0 Å². The summed E-state index contributed by atoms with van der Waals surface area (Å²) in [6, 6.07) is 5.44. The molecule has 12 heteroatoms. The molecule has 0 fully saturated rings. The Bertz CT molecular complexity index is 912. The van der Waals surface area contributed by atoms with E-state index in [1.54, 1.807) is 24.3 Å². The van der Waals surface area contributed by atoms with Crippen molar-refractivity contribution in [2.24, 2.45) is 23.3 Å². The minimum atomic E-state index is -0.462. The van der Waals surface area contributed by atoms with E-state index in [-0.39, 0.29) is 30.1 Å². The Morgan fingerprint density at radius 2 is 1.90 bits per heavy atom. The second-order valence-electron chi connectivity index (χ2n) is 7.68. The molecule has 0 aliphatic heterocycles. The predicted molar refractivity (Wildman–Crippen MR) is 173 cm³/mol. The van der Waals surface area contributed by atoms with Crippen molar-refractivity contribution >= 4 is 40.7 Å². The number of hydrogen-bond acceptors (Lipinski definition) is 9. The Balaban J connectivity index is -0.00000213. The molecule has 0 aromatic carbocycles. The first-order chi connectivity index (χ1) is 19.3. The van der Waals surface area contributed by atoms with Gasteiger partial charge in [0.05, 0.1) is 23.3 Å². The molecule has 0 saturated carbocycles. The highest BCUT2D eigenvalue weighted by Gasteiger charge is 2.19. The van der Waals surface area contributed by atoms with Crippen molar-refractivity contribution in [3.05, 3.63) is 44.9 Å². The van der Waals surface area contributed by atoms with Crippen LogP contribution >= 0.6 is 23.1 Å². The third-order valence-corrected chi connectivity index (χ3v) is 7.05. The van der Waals surface area contributed by atoms with Crippen LogP contribution in [0.25, 0.3) is 0 Å². The van der Waals surface area contributed by atoms with Crippen LogP contribution in [0.15, 0.2) is 35.1 Å². The van der Waals surface area contributed by atoms with Crippen molar-refractivity contribution in [1.29, 1.82) is 10.7 Å². The monoisotopic (exact) mass is 596 g/mol. The zero-order chi connectivity index (χ0) is 31.5. The lowest BCUT2D eigenvalue weighted by Gasteiger charge is -2.24. The van der Waals surface area contributed by atoms with Gasteiger partial charge in [-0.3, -0.25) is 26.7 Å². The largest absolute Gasteiger partial charge is 0.387 e. The third-order valence-electron chi connectivity index (χ3n) is 5.10. The van der Waals surface area contributed by atoms with E-state index in [1.807, 2.05) is 52.8 Å². The fourth-order valence-corrected chi connectivity index (χ4v) is 4.88. The number of nitrogens with zero attached hydrogens (tertiary/aromatic N) is 2. The minimum absolute atomic E-state index is 0.0685. The van der Waals surface area contributed by atoms with Gasteiger partial charge in [0.25, 0.3) is 5.91 Å². The van der Waals surface area contributed by atoms with Gasteiger partial charge in [0.1, 0.15) is 6.04 Å². The van der Waals surface area contributed by atoms with Crippen LogP contribution in [0.3, 0.4) is 0 Å². The quantitative estimate of drug-likeness (QED) is 0.0534. The number of carbonyl (C=O) groups is 2. The molecule has 9 N–H and O–H groups in total. The molecule has 0 spiro atoms. The molecule has 1 heterocycles. The Kier molecular flexibility index (Phi) is 29.1. The van der Waals surface area contributed by atoms with Gasteiger partial charge in [-0.25, -0.2) is 0 Å². The number of thioether (sulfide) groups is 1. The van der Waals surface area contributed by atoms with E-state index < -0.39 is 6.04 Å². The van der Waals surface area contributed by atoms with Gasteiger partial charge in [-0.05, 0) is 61.6 Å². The third kappa shape index (κ3) is 17.8. The van der Waals surface area contributed by atoms with E-state index >= 15 is 0 Å². The Hall–Kier alpha value is -2.69. The van der Waals surface area contributed by atoms with Gasteiger partial charge < -0.3 is 21.3 Å². The Labute approximate surface area is 250 Å². The van der Waals surface area contributed by atoms with E-state index in [0.29, 0.717) is 24.4 Å². The molecule has 0 saturated heterocycles. The van der Waals surface area contributed by atoms with Crippen LogP contribution in [0.1, 0.15) is 75.4 Å². The van der Waals surface area contributed by atoms with Crippen molar-refractivity contribution in [2.75, 3.05) is 26.7 Å². The van der Waals surface area contributed by atoms with E-state index in [0.717, 1.165) is 29.0 Å². The summed E-state index contributed by atoms with van der Waals surface area (Å²) in [4.78, 5) is 28.6. The lowest BCUT2D eigenvalue weighted by Crippen LogP contribution is -2.43. The average molecular weight is 597 g/mol. The highest BCUT2D eigenvalue weighted by molar-refractivity contribution is 8.05. The second-order valence-corrected chi connectivity index (χ2v) is 9.94. The molecule has 0 bridgehead atoms. The van der Waals surface area contributed by atoms with Crippen LogP contribution in [-0.2, 0) is 11.2 Å². The van der Waals surface area contributed by atoms with Crippen molar-refractivity contribution in [3.8, 4) is 6.07 Å². The van der Waals surface area contributed by atoms with Crippen molar-refractivity contribution < 1.29 is 9.59 Å². The molecule has 2 atom stereocenters. The maximum atomic E-state index is 12.5. The summed E-state index contributed by atoms with van der Waals surface area (Å²) in [5, 5.41) is 24.6. The molecule has 0 aliphatic carbocycles. The Morgan fingerprint density at radius 1 is 1.27 bits per heavy atom. The molecule has 0 radical (unpaired) electrons. The van der Waals surface area contributed by atoms with Crippen LogP contribution < -0.4 is 28.1 Å². The molecule has 1 unspecified atom stereocenters. The molecule has 10 nitrogen and oxygen atoms in total. The zero-order valence-electron chi connectivity index (χ0n) is 25.4. The van der Waals surface area contributed by atoms with Crippen LogP contribution in [-0.4, -0.2) is 55.3 Å². The summed E-state index contributed by atoms with van der Waals surface area (Å²) in [5.41, 5.74) is 5.85. The number of aryl methyl sites for hydroxylation is 1. The van der Waals surface area contributed by atoms with Crippen LogP contribution in [0, 0.1) is 22.7 Å². The number of amides is 2. The van der Waals surface area contributed by atoms with Gasteiger partial charge in [-0.1, -0.05) is 47.3 Å². The molecule has 1 aromatic heterocycles. The molecule has 1 rings (SSSR count). The number of nitrogens with two attached hydrogens (primary N) is 3. The van der Waals surface area contributed by atoms with E-state index in [9.17, 15) is 9.59 Å². The number of hydrazine groups is 1. The molecular formula is C28H52N8O2S2. The summed E-state index contributed by atoms with van der Waals surface area (Å²) < 4.78 is 0. The highest BCUT2D eigenvalue weighted by Crippen LogP contribution is 2.27. The summed E-state index contributed by atoms with van der Waals surface area (Å²) in [7, 11) is 1.62. The van der Waals surface area contributed by atoms with E-state index in [1.165, 1.54) is 23.1 Å². The number of nitrogens with one attached hydrogen (secondary N) is 3. The van der Waals surface area contributed by atoms with Crippen LogP contribution in [0.4, 0.5) is 0 Å². The predicted octanol–water partition coefficient (Wildman–Crippen LogP) is 4.35. The standard InChI is InChI=1S/C24H36N6O2S2.2C2H6.H4N2/c1-5-13-30(17(3)15-25)22(31)16-29-12-11-18(23(26)27)14-20(33-6-2)8-7-19-9-10-21(34-19)24(32)28-4;3*1-2/h6,9-10,14,17-18,29H,2,5,7-8,11-13,16H2,1,3-4H3,(H3,26,27)(H,28,32);2*1-2H3;1-2H2/b20-14+;;;/t17-,18?;;;/m0.../s1. The number of thiophene rings is 1. The molecule has 228 valence electrons. The summed E-state index contributed by atoms with van der Waals surface area (Å²) in [6.45, 7) is 16.7. The molecule has 2 amide bonds. The zero-order valence-corrected chi connectivity index (χ0v) is 27.0. The lowest BCUT2D eigenvalue weighted by atomic mass is 10.0. The number of allylic oxidation sites excluding steroid dienone is 1. The maximum Gasteiger partial charge on any atom is 0.261 e. The number of amidine groups is 1. The van der Waals surface area contributed by atoms with Gasteiger partial charge in [0, 0.05) is 24.4 Å². The van der Waals surface area contributed by atoms with Gasteiger partial charge in [-0.2, -0.15) is 5.26 Å². The minimum Gasteiger partial charge on any atom is -0.387 e. The number of hydrogen-bond donors (Lipinski definition) is 6. The first-order valence-corrected chi connectivity index (χ1v) is 15.3. The number of nitriles is 1. The van der Waals surface area contributed by atoms with Gasteiger partial charge in [0.2, 0.25) is 5.91 Å². The first-order valence-electron chi connectivity index (χ1n) is 13.6. The normalized spacial score (nSPS) is 11.4. The average Bonchev–Trinajstić information content (AvgIpc) is 3.47. The molecule has 1 aromatic rings. The number of carbonyl (C=O) groups excluding carboxylic acids is 2. The fraction of sp³-hybridized carbons (Fsp3) is 0.571. The van der Waals surface area contributed by atoms with E-state index in [2.05, 4.69) is 35.0 Å². The smallest absolute Gasteiger partial charge is 0.261 e. The number of rotatable bonds is 16. The molecule has 0 aliphatic rings. The van der Waals surface area contributed by atoms with Gasteiger partial charge in [-0.15, -0.1) is 23.1 Å². The summed E-state index contributed by atoms with van der Waals surface area (Å²) in [5.74, 6) is 7.61. The second kappa shape index (κ2) is 27.9. The van der Waals surface area contributed by atoms with E-state index in [4.69, 9.17) is 16.4 Å². The van der Waals surface area contributed by atoms with Crippen molar-refractivity contribution in [2.45, 2.75) is 73.3 Å². The van der Waals surface area contributed by atoms with Gasteiger partial charge >= 0.3 is 0 Å². The molecule has 40 heavy (non-hydrogen) atoms. The summed E-state index contributed by atoms with van der Waals surface area (Å²) in [6.07, 6.45) is 4.88.